The van der Waals surface area contributed by atoms with Gasteiger partial charge >= 0.3 is 0 Å². The molecule has 7 nitrogen and oxygen atoms in total. The van der Waals surface area contributed by atoms with E-state index in [-0.39, 0.29) is 18.4 Å². The number of aryl methyl sites for hydroxylation is 1. The molecule has 0 aliphatic carbocycles. The van der Waals surface area contributed by atoms with Crippen LogP contribution in [0.3, 0.4) is 0 Å². The number of anilines is 1. The van der Waals surface area contributed by atoms with Crippen LogP contribution in [0.15, 0.2) is 73.1 Å². The Morgan fingerprint density at radius 2 is 2.00 bits per heavy atom. The van der Waals surface area contributed by atoms with Crippen LogP contribution < -0.4 is 15.0 Å². The van der Waals surface area contributed by atoms with Crippen molar-refractivity contribution in [1.82, 2.24) is 14.7 Å². The number of imidazole rings is 1. The monoisotopic (exact) mass is 454 g/mol. The number of benzene rings is 2. The van der Waals surface area contributed by atoms with Crippen LogP contribution in [-0.2, 0) is 17.9 Å². The second-order valence-electron chi connectivity index (χ2n) is 8.44. The number of hydrogen-bond acceptors (Lipinski definition) is 4. The highest BCUT2D eigenvalue weighted by Crippen LogP contribution is 2.23. The molecule has 2 aromatic carbocycles. The summed E-state index contributed by atoms with van der Waals surface area (Å²) in [6, 6.07) is 18.9. The molecule has 0 radical (unpaired) electrons. The molecular formula is C27H26N4O3. The number of carbonyl (C=O) groups is 2. The predicted molar refractivity (Wildman–Crippen MR) is 130 cm³/mol. The molecule has 0 atom stereocenters. The second-order valence-corrected chi connectivity index (χ2v) is 8.44. The molecule has 0 spiro atoms. The summed E-state index contributed by atoms with van der Waals surface area (Å²) in [5.41, 5.74) is 5.05. The Kier molecular flexibility index (Phi) is 5.99. The molecule has 0 bridgehead atoms. The smallest absolute Gasteiger partial charge is 0.255 e. The number of para-hydroxylation sites is 1. The van der Waals surface area contributed by atoms with Crippen molar-refractivity contribution >= 4 is 23.1 Å². The lowest BCUT2D eigenvalue weighted by Crippen LogP contribution is -2.25. The number of nitrogens with zero attached hydrogens (tertiary/aromatic N) is 3. The summed E-state index contributed by atoms with van der Waals surface area (Å²) in [7, 11) is 0. The van der Waals surface area contributed by atoms with Crippen molar-refractivity contribution in [3.63, 3.8) is 0 Å². The quantitative estimate of drug-likeness (QED) is 0.452. The van der Waals surface area contributed by atoms with Crippen molar-refractivity contribution in [2.24, 2.45) is 0 Å². The number of pyridine rings is 1. The van der Waals surface area contributed by atoms with Crippen molar-refractivity contribution in [1.29, 1.82) is 0 Å². The van der Waals surface area contributed by atoms with Gasteiger partial charge in [0.25, 0.3) is 5.91 Å². The standard InChI is InChI=1S/C27H26N4O3/c1-19-7-5-13-30-17-21(29-26(19)30)18-34-24-11-3-2-10-23(24)27(33)28-16-20-8-4-9-22(15-20)31-14-6-12-25(31)32/h2-5,7-11,13,15,17H,6,12,14,16,18H2,1H3,(H,28,33). The van der Waals surface area contributed by atoms with E-state index in [1.54, 1.807) is 17.0 Å². The molecule has 0 unspecified atom stereocenters. The summed E-state index contributed by atoms with van der Waals surface area (Å²) < 4.78 is 7.95. The molecule has 3 heterocycles. The highest BCUT2D eigenvalue weighted by molar-refractivity contribution is 5.97. The fourth-order valence-electron chi connectivity index (χ4n) is 4.24. The zero-order valence-corrected chi connectivity index (χ0v) is 19.0. The molecule has 1 aliphatic heterocycles. The van der Waals surface area contributed by atoms with E-state index in [0.717, 1.165) is 41.1 Å². The van der Waals surface area contributed by atoms with Crippen LogP contribution >= 0.6 is 0 Å². The third-order valence-corrected chi connectivity index (χ3v) is 5.98. The number of rotatable bonds is 7. The predicted octanol–water partition coefficient (Wildman–Crippen LogP) is 4.28. The van der Waals surface area contributed by atoms with Crippen molar-refractivity contribution in [2.75, 3.05) is 11.4 Å². The van der Waals surface area contributed by atoms with Crippen LogP contribution in [0.4, 0.5) is 5.69 Å². The normalized spacial score (nSPS) is 13.4. The van der Waals surface area contributed by atoms with Gasteiger partial charge in [-0.2, -0.15) is 0 Å². The van der Waals surface area contributed by atoms with Crippen LogP contribution in [0.1, 0.15) is 40.0 Å². The molecule has 172 valence electrons. The molecule has 1 aliphatic rings. The van der Waals surface area contributed by atoms with E-state index < -0.39 is 0 Å². The third kappa shape index (κ3) is 4.50. The van der Waals surface area contributed by atoms with Gasteiger partial charge < -0.3 is 19.4 Å². The van der Waals surface area contributed by atoms with Gasteiger partial charge in [-0.05, 0) is 54.8 Å². The number of amides is 2. The summed E-state index contributed by atoms with van der Waals surface area (Å²) in [6.45, 7) is 3.38. The van der Waals surface area contributed by atoms with Gasteiger partial charge in [0.2, 0.25) is 5.91 Å². The molecule has 1 fully saturated rings. The lowest BCUT2D eigenvalue weighted by Gasteiger charge is -2.17. The molecule has 1 N–H and O–H groups in total. The molecule has 5 rings (SSSR count). The molecular weight excluding hydrogens is 428 g/mol. The van der Waals surface area contributed by atoms with E-state index in [9.17, 15) is 9.59 Å². The molecule has 1 saturated heterocycles. The maximum Gasteiger partial charge on any atom is 0.255 e. The van der Waals surface area contributed by atoms with Gasteiger partial charge in [-0.15, -0.1) is 0 Å². The van der Waals surface area contributed by atoms with E-state index in [1.807, 2.05) is 72.2 Å². The van der Waals surface area contributed by atoms with Crippen LogP contribution in [0, 0.1) is 6.92 Å². The number of aromatic nitrogens is 2. The average Bonchev–Trinajstić information content (AvgIpc) is 3.48. The molecule has 2 aromatic heterocycles. The maximum absolute atomic E-state index is 13.0. The van der Waals surface area contributed by atoms with E-state index in [1.165, 1.54) is 0 Å². The summed E-state index contributed by atoms with van der Waals surface area (Å²) in [5, 5.41) is 2.97. The summed E-state index contributed by atoms with van der Waals surface area (Å²) in [4.78, 5) is 31.4. The summed E-state index contributed by atoms with van der Waals surface area (Å²) >= 11 is 0. The molecule has 4 aromatic rings. The fraction of sp³-hybridized carbons (Fsp3) is 0.222. The first-order chi connectivity index (χ1) is 16.6. The van der Waals surface area contributed by atoms with E-state index in [2.05, 4.69) is 10.3 Å². The zero-order chi connectivity index (χ0) is 23.5. The van der Waals surface area contributed by atoms with Gasteiger partial charge in [0.15, 0.2) is 0 Å². The number of nitrogens with one attached hydrogen (secondary N) is 1. The van der Waals surface area contributed by atoms with Crippen molar-refractivity contribution in [3.05, 3.63) is 95.4 Å². The summed E-state index contributed by atoms with van der Waals surface area (Å²) in [6.07, 6.45) is 5.36. The molecule has 0 saturated carbocycles. The van der Waals surface area contributed by atoms with Crippen LogP contribution in [0.2, 0.25) is 0 Å². The van der Waals surface area contributed by atoms with Gasteiger partial charge in [0, 0.05) is 37.6 Å². The second kappa shape index (κ2) is 9.39. The highest BCUT2D eigenvalue weighted by atomic mass is 16.5. The van der Waals surface area contributed by atoms with Gasteiger partial charge in [0.1, 0.15) is 18.0 Å². The Morgan fingerprint density at radius 3 is 2.82 bits per heavy atom. The van der Waals surface area contributed by atoms with E-state index >= 15 is 0 Å². The Balaban J connectivity index is 1.25. The SMILES string of the molecule is Cc1cccn2cc(COc3ccccc3C(=O)NCc3cccc(N4CCCC4=O)c3)nc12. The van der Waals surface area contributed by atoms with E-state index in [0.29, 0.717) is 24.3 Å². The first kappa shape index (κ1) is 21.7. The molecule has 7 heteroatoms. The van der Waals surface area contributed by atoms with Crippen LogP contribution in [-0.4, -0.2) is 27.7 Å². The van der Waals surface area contributed by atoms with Gasteiger partial charge in [0.05, 0.1) is 11.3 Å². The molecule has 2 amide bonds. The van der Waals surface area contributed by atoms with Gasteiger partial charge in [-0.1, -0.05) is 30.3 Å². The third-order valence-electron chi connectivity index (χ3n) is 5.98. The first-order valence-corrected chi connectivity index (χ1v) is 11.4. The summed E-state index contributed by atoms with van der Waals surface area (Å²) in [5.74, 6) is 0.433. The Bertz CT molecular complexity index is 1360. The molecule has 34 heavy (non-hydrogen) atoms. The Labute approximate surface area is 198 Å². The first-order valence-electron chi connectivity index (χ1n) is 11.4. The van der Waals surface area contributed by atoms with Gasteiger partial charge in [-0.25, -0.2) is 4.98 Å². The number of carbonyl (C=O) groups excluding carboxylic acids is 2. The van der Waals surface area contributed by atoms with Crippen LogP contribution in [0.5, 0.6) is 5.75 Å². The largest absolute Gasteiger partial charge is 0.486 e. The van der Waals surface area contributed by atoms with Crippen molar-refractivity contribution < 1.29 is 14.3 Å². The number of ether oxygens (including phenoxy) is 1. The zero-order valence-electron chi connectivity index (χ0n) is 19.0. The Morgan fingerprint density at radius 1 is 1.12 bits per heavy atom. The highest BCUT2D eigenvalue weighted by Gasteiger charge is 2.21. The lowest BCUT2D eigenvalue weighted by molar-refractivity contribution is -0.117. The average molecular weight is 455 g/mol. The topological polar surface area (TPSA) is 75.9 Å². The lowest BCUT2D eigenvalue weighted by atomic mass is 10.1. The van der Waals surface area contributed by atoms with E-state index in [4.69, 9.17) is 4.74 Å². The minimum atomic E-state index is -0.218. The number of fused-ring (bicyclic) bond motifs is 1. The van der Waals surface area contributed by atoms with Gasteiger partial charge in [-0.3, -0.25) is 9.59 Å². The minimum absolute atomic E-state index is 0.146. The Hall–Kier alpha value is -4.13. The van der Waals surface area contributed by atoms with Crippen molar-refractivity contribution in [2.45, 2.75) is 32.9 Å². The number of hydrogen-bond donors (Lipinski definition) is 1. The van der Waals surface area contributed by atoms with Crippen LogP contribution in [0.25, 0.3) is 5.65 Å². The van der Waals surface area contributed by atoms with Crippen molar-refractivity contribution in [3.8, 4) is 5.75 Å². The maximum atomic E-state index is 13.0. The minimum Gasteiger partial charge on any atom is -0.486 e. The fourth-order valence-corrected chi connectivity index (χ4v) is 4.24.